The Morgan fingerprint density at radius 3 is 2.90 bits per heavy atom. The molecule has 4 nitrogen and oxygen atoms in total. The number of aromatic nitrogens is 2. The van der Waals surface area contributed by atoms with E-state index in [1.165, 1.54) is 0 Å². The van der Waals surface area contributed by atoms with Crippen molar-refractivity contribution in [1.29, 1.82) is 0 Å². The molecule has 0 saturated carbocycles. The first kappa shape index (κ1) is 14.8. The molecule has 0 bridgehead atoms. The van der Waals surface area contributed by atoms with Crippen LogP contribution in [0.15, 0.2) is 24.4 Å². The molecular formula is C13H16F3N3O. The van der Waals surface area contributed by atoms with Crippen LogP contribution in [0.2, 0.25) is 0 Å². The van der Waals surface area contributed by atoms with E-state index in [0.29, 0.717) is 13.1 Å². The maximum atomic E-state index is 11.9. The molecular weight excluding hydrogens is 271 g/mol. The maximum Gasteiger partial charge on any atom is 0.411 e. The van der Waals surface area contributed by atoms with Gasteiger partial charge in [-0.2, -0.15) is 13.2 Å². The van der Waals surface area contributed by atoms with Crippen LogP contribution in [-0.4, -0.2) is 35.3 Å². The third kappa shape index (κ3) is 3.94. The lowest BCUT2D eigenvalue weighted by Gasteiger charge is -2.08. The largest absolute Gasteiger partial charge is 0.411 e. The lowest BCUT2D eigenvalue weighted by Crippen LogP contribution is -2.24. The second kappa shape index (κ2) is 6.23. The number of hydrogen-bond acceptors (Lipinski definition) is 3. The summed E-state index contributed by atoms with van der Waals surface area (Å²) in [5, 5.41) is 3.05. The predicted octanol–water partition coefficient (Wildman–Crippen LogP) is 2.31. The SMILES string of the molecule is Cc1nc2ccccn2c1CNCCOCC(F)(F)F. The summed E-state index contributed by atoms with van der Waals surface area (Å²) in [5.41, 5.74) is 2.76. The third-order valence-corrected chi connectivity index (χ3v) is 2.81. The van der Waals surface area contributed by atoms with Crippen molar-refractivity contribution in [3.05, 3.63) is 35.8 Å². The second-order valence-corrected chi connectivity index (χ2v) is 4.42. The number of pyridine rings is 1. The Bertz CT molecular complexity index is 565. The van der Waals surface area contributed by atoms with Gasteiger partial charge in [0.1, 0.15) is 12.3 Å². The van der Waals surface area contributed by atoms with E-state index in [2.05, 4.69) is 15.0 Å². The molecule has 7 heteroatoms. The van der Waals surface area contributed by atoms with Gasteiger partial charge < -0.3 is 14.5 Å². The van der Waals surface area contributed by atoms with Crippen molar-refractivity contribution in [2.45, 2.75) is 19.6 Å². The van der Waals surface area contributed by atoms with Gasteiger partial charge in [0.25, 0.3) is 0 Å². The summed E-state index contributed by atoms with van der Waals surface area (Å²) in [4.78, 5) is 4.40. The highest BCUT2D eigenvalue weighted by molar-refractivity contribution is 5.42. The monoisotopic (exact) mass is 287 g/mol. The predicted molar refractivity (Wildman–Crippen MR) is 68.5 cm³/mol. The molecule has 2 aromatic rings. The fourth-order valence-electron chi connectivity index (χ4n) is 1.92. The zero-order valence-electron chi connectivity index (χ0n) is 11.1. The standard InChI is InChI=1S/C13H16F3N3O/c1-10-11(19-6-3-2-4-12(19)18-10)8-17-5-7-20-9-13(14,15)16/h2-4,6,17H,5,7-9H2,1H3. The van der Waals surface area contributed by atoms with Crippen molar-refractivity contribution in [1.82, 2.24) is 14.7 Å². The minimum atomic E-state index is -4.27. The van der Waals surface area contributed by atoms with Gasteiger partial charge in [-0.1, -0.05) is 6.07 Å². The van der Waals surface area contributed by atoms with E-state index in [1.54, 1.807) is 0 Å². The lowest BCUT2D eigenvalue weighted by atomic mass is 10.3. The first-order valence-corrected chi connectivity index (χ1v) is 6.25. The first-order chi connectivity index (χ1) is 9.47. The van der Waals surface area contributed by atoms with Crippen molar-refractivity contribution < 1.29 is 17.9 Å². The molecule has 0 spiro atoms. The summed E-state index contributed by atoms with van der Waals surface area (Å²) < 4.78 is 42.1. The zero-order valence-corrected chi connectivity index (χ0v) is 11.1. The van der Waals surface area contributed by atoms with Crippen molar-refractivity contribution >= 4 is 5.65 Å². The number of halogens is 3. The molecule has 110 valence electrons. The van der Waals surface area contributed by atoms with Crippen LogP contribution in [0.3, 0.4) is 0 Å². The van der Waals surface area contributed by atoms with Gasteiger partial charge in [0, 0.05) is 19.3 Å². The van der Waals surface area contributed by atoms with Gasteiger partial charge in [0.15, 0.2) is 0 Å². The topological polar surface area (TPSA) is 38.6 Å². The molecule has 2 rings (SSSR count). The number of imidazole rings is 1. The molecule has 2 heterocycles. The minimum absolute atomic E-state index is 0.0231. The van der Waals surface area contributed by atoms with E-state index >= 15 is 0 Å². The van der Waals surface area contributed by atoms with Crippen LogP contribution in [-0.2, 0) is 11.3 Å². The number of nitrogens with zero attached hydrogens (tertiary/aromatic N) is 2. The van der Waals surface area contributed by atoms with Gasteiger partial charge in [0.05, 0.1) is 18.0 Å². The first-order valence-electron chi connectivity index (χ1n) is 6.25. The minimum Gasteiger partial charge on any atom is -0.371 e. The van der Waals surface area contributed by atoms with Gasteiger partial charge in [-0.15, -0.1) is 0 Å². The maximum absolute atomic E-state index is 11.9. The van der Waals surface area contributed by atoms with E-state index in [0.717, 1.165) is 17.0 Å². The second-order valence-electron chi connectivity index (χ2n) is 4.42. The highest BCUT2D eigenvalue weighted by Gasteiger charge is 2.27. The summed E-state index contributed by atoms with van der Waals surface area (Å²) >= 11 is 0. The van der Waals surface area contributed by atoms with Gasteiger partial charge >= 0.3 is 6.18 Å². The molecule has 0 radical (unpaired) electrons. The summed E-state index contributed by atoms with van der Waals surface area (Å²) in [6, 6.07) is 5.72. The van der Waals surface area contributed by atoms with E-state index < -0.39 is 12.8 Å². The molecule has 0 fully saturated rings. The summed E-state index contributed by atoms with van der Waals surface area (Å²) in [5.74, 6) is 0. The molecule has 20 heavy (non-hydrogen) atoms. The molecule has 0 atom stereocenters. The Morgan fingerprint density at radius 1 is 1.35 bits per heavy atom. The molecule has 0 aromatic carbocycles. The fraction of sp³-hybridized carbons (Fsp3) is 0.462. The molecule has 2 aromatic heterocycles. The molecule has 1 N–H and O–H groups in total. The lowest BCUT2D eigenvalue weighted by molar-refractivity contribution is -0.173. The molecule has 0 aliphatic carbocycles. The van der Waals surface area contributed by atoms with Gasteiger partial charge in [-0.05, 0) is 19.1 Å². The number of aryl methyl sites for hydroxylation is 1. The Hall–Kier alpha value is -1.60. The molecule has 0 unspecified atom stereocenters. The number of ether oxygens (including phenoxy) is 1. The number of hydrogen-bond donors (Lipinski definition) is 1. The highest BCUT2D eigenvalue weighted by atomic mass is 19.4. The molecule has 0 saturated heterocycles. The number of fused-ring (bicyclic) bond motifs is 1. The smallest absolute Gasteiger partial charge is 0.371 e. The fourth-order valence-corrected chi connectivity index (χ4v) is 1.92. The van der Waals surface area contributed by atoms with Crippen molar-refractivity contribution in [2.75, 3.05) is 19.8 Å². The normalized spacial score (nSPS) is 12.2. The van der Waals surface area contributed by atoms with E-state index in [-0.39, 0.29) is 6.61 Å². The van der Waals surface area contributed by atoms with Crippen molar-refractivity contribution in [2.24, 2.45) is 0 Å². The number of nitrogens with one attached hydrogen (secondary N) is 1. The van der Waals surface area contributed by atoms with Crippen molar-refractivity contribution in [3.8, 4) is 0 Å². The summed E-state index contributed by atoms with van der Waals surface area (Å²) in [6.07, 6.45) is -2.36. The summed E-state index contributed by atoms with van der Waals surface area (Å²) in [6.45, 7) is 1.62. The third-order valence-electron chi connectivity index (χ3n) is 2.81. The van der Waals surface area contributed by atoms with Crippen LogP contribution >= 0.6 is 0 Å². The van der Waals surface area contributed by atoms with E-state index in [4.69, 9.17) is 0 Å². The van der Waals surface area contributed by atoms with E-state index in [1.807, 2.05) is 35.7 Å². The average Bonchev–Trinajstić information content (AvgIpc) is 2.68. The summed E-state index contributed by atoms with van der Waals surface area (Å²) in [7, 11) is 0. The van der Waals surface area contributed by atoms with Crippen LogP contribution in [0.4, 0.5) is 13.2 Å². The molecule has 0 amide bonds. The number of rotatable bonds is 6. The van der Waals surface area contributed by atoms with Crippen LogP contribution in [0.5, 0.6) is 0 Å². The van der Waals surface area contributed by atoms with Crippen LogP contribution < -0.4 is 5.32 Å². The van der Waals surface area contributed by atoms with Crippen LogP contribution in [0.1, 0.15) is 11.4 Å². The number of alkyl halides is 3. The Balaban J connectivity index is 1.80. The van der Waals surface area contributed by atoms with Gasteiger partial charge in [-0.25, -0.2) is 4.98 Å². The van der Waals surface area contributed by atoms with Gasteiger partial charge in [0.2, 0.25) is 0 Å². The Morgan fingerprint density at radius 2 is 2.15 bits per heavy atom. The highest BCUT2D eigenvalue weighted by Crippen LogP contribution is 2.14. The zero-order chi connectivity index (χ0) is 14.6. The quantitative estimate of drug-likeness (QED) is 0.829. The van der Waals surface area contributed by atoms with Crippen molar-refractivity contribution in [3.63, 3.8) is 0 Å². The average molecular weight is 287 g/mol. The van der Waals surface area contributed by atoms with E-state index in [9.17, 15) is 13.2 Å². The van der Waals surface area contributed by atoms with Crippen LogP contribution in [0.25, 0.3) is 5.65 Å². The molecule has 0 aliphatic heterocycles. The van der Waals surface area contributed by atoms with Gasteiger partial charge in [-0.3, -0.25) is 0 Å². The Labute approximate surface area is 114 Å². The molecule has 0 aliphatic rings. The Kier molecular flexibility index (Phi) is 4.61. The van der Waals surface area contributed by atoms with Crippen LogP contribution in [0, 0.1) is 6.92 Å².